The number of anilines is 1. The minimum Gasteiger partial charge on any atom is -0.496 e. The third kappa shape index (κ3) is 2.93. The normalized spacial score (nSPS) is 10.8. The Morgan fingerprint density at radius 1 is 1.17 bits per heavy atom. The second kappa shape index (κ2) is 6.66. The van der Waals surface area contributed by atoms with Crippen LogP contribution >= 0.6 is 0 Å². The Labute approximate surface area is 140 Å². The van der Waals surface area contributed by atoms with Crippen LogP contribution < -0.4 is 15.2 Å². The number of carbonyl (C=O) groups is 1. The highest BCUT2D eigenvalue weighted by Gasteiger charge is 2.17. The first-order valence-corrected chi connectivity index (χ1v) is 7.64. The summed E-state index contributed by atoms with van der Waals surface area (Å²) in [5.74, 6) is 1.37. The van der Waals surface area contributed by atoms with E-state index in [1.807, 2.05) is 12.1 Å². The van der Waals surface area contributed by atoms with Crippen LogP contribution in [0.15, 0.2) is 47.1 Å². The lowest BCUT2D eigenvalue weighted by Crippen LogP contribution is -2.03. The zero-order chi connectivity index (χ0) is 17.1. The fourth-order valence-corrected chi connectivity index (χ4v) is 2.82. The predicted molar refractivity (Wildman–Crippen MR) is 92.8 cm³/mol. The van der Waals surface area contributed by atoms with E-state index in [-0.39, 0.29) is 5.78 Å². The molecule has 0 saturated carbocycles. The van der Waals surface area contributed by atoms with Crippen molar-refractivity contribution in [3.63, 3.8) is 0 Å². The molecule has 2 N–H and O–H groups in total. The van der Waals surface area contributed by atoms with E-state index < -0.39 is 0 Å². The van der Waals surface area contributed by atoms with Gasteiger partial charge in [-0.25, -0.2) is 0 Å². The molecule has 124 valence electrons. The Hall–Kier alpha value is -2.95. The van der Waals surface area contributed by atoms with Crippen LogP contribution in [0.3, 0.4) is 0 Å². The van der Waals surface area contributed by atoms with Gasteiger partial charge in [-0.2, -0.15) is 0 Å². The van der Waals surface area contributed by atoms with Crippen molar-refractivity contribution in [2.75, 3.05) is 20.0 Å². The summed E-state index contributed by atoms with van der Waals surface area (Å²) >= 11 is 0. The maximum atomic E-state index is 12.4. The van der Waals surface area contributed by atoms with Crippen LogP contribution in [0.25, 0.3) is 11.0 Å². The van der Waals surface area contributed by atoms with E-state index in [0.29, 0.717) is 41.2 Å². The summed E-state index contributed by atoms with van der Waals surface area (Å²) in [6.45, 7) is 0. The van der Waals surface area contributed by atoms with Crippen molar-refractivity contribution in [3.05, 3.63) is 53.8 Å². The zero-order valence-electron chi connectivity index (χ0n) is 13.7. The van der Waals surface area contributed by atoms with Gasteiger partial charge >= 0.3 is 0 Å². The molecular weight excluding hydrogens is 306 g/mol. The molecule has 0 atom stereocenters. The number of nitrogens with two attached hydrogens (primary N) is 1. The molecular formula is C19H19NO4. The van der Waals surface area contributed by atoms with Gasteiger partial charge in [0.15, 0.2) is 17.1 Å². The molecule has 5 heteroatoms. The van der Waals surface area contributed by atoms with E-state index in [1.165, 1.54) is 0 Å². The molecule has 0 fully saturated rings. The summed E-state index contributed by atoms with van der Waals surface area (Å²) in [5.41, 5.74) is 8.48. The molecule has 0 amide bonds. The number of hydrogen-bond donors (Lipinski definition) is 1. The fourth-order valence-electron chi connectivity index (χ4n) is 2.82. The number of ether oxygens (including phenoxy) is 2. The standard InChI is InChI=1S/C19H19NO4/c1-22-17-11-13(18(23-2)15-8-9-24-19(15)17)6-7-16(21)12-4-3-5-14(20)10-12/h3-5,8-11H,6-7,20H2,1-2H3. The number of fused-ring (bicyclic) bond motifs is 1. The van der Waals surface area contributed by atoms with Crippen molar-refractivity contribution in [2.45, 2.75) is 12.8 Å². The Morgan fingerprint density at radius 2 is 2.00 bits per heavy atom. The molecule has 5 nitrogen and oxygen atoms in total. The van der Waals surface area contributed by atoms with Gasteiger partial charge in [-0.1, -0.05) is 12.1 Å². The van der Waals surface area contributed by atoms with Crippen molar-refractivity contribution < 1.29 is 18.7 Å². The number of Topliss-reactive ketones (excluding diaryl/α,β-unsaturated/α-hetero) is 1. The summed E-state index contributed by atoms with van der Waals surface area (Å²) in [7, 11) is 3.20. The third-order valence-electron chi connectivity index (χ3n) is 3.98. The molecule has 0 spiro atoms. The number of hydrogen-bond acceptors (Lipinski definition) is 5. The molecule has 3 rings (SSSR count). The molecule has 0 aliphatic rings. The maximum Gasteiger partial charge on any atom is 0.179 e. The quantitative estimate of drug-likeness (QED) is 0.550. The van der Waals surface area contributed by atoms with Crippen LogP contribution in [0.2, 0.25) is 0 Å². The number of aryl methyl sites for hydroxylation is 1. The highest BCUT2D eigenvalue weighted by atomic mass is 16.5. The molecule has 24 heavy (non-hydrogen) atoms. The van der Waals surface area contributed by atoms with Gasteiger partial charge in [0.25, 0.3) is 0 Å². The monoisotopic (exact) mass is 325 g/mol. The van der Waals surface area contributed by atoms with Crippen molar-refractivity contribution in [1.29, 1.82) is 0 Å². The van der Waals surface area contributed by atoms with Crippen molar-refractivity contribution in [1.82, 2.24) is 0 Å². The summed E-state index contributed by atoms with van der Waals surface area (Å²) in [5, 5.41) is 0.836. The Kier molecular flexibility index (Phi) is 4.42. The van der Waals surface area contributed by atoms with Gasteiger partial charge in [-0.15, -0.1) is 0 Å². The van der Waals surface area contributed by atoms with Crippen LogP contribution in [0, 0.1) is 0 Å². The van der Waals surface area contributed by atoms with Crippen LogP contribution in [-0.4, -0.2) is 20.0 Å². The SMILES string of the molecule is COc1c(CCC(=O)c2cccc(N)c2)cc(OC)c2occc12. The van der Waals surface area contributed by atoms with Gasteiger partial charge in [0.05, 0.1) is 25.9 Å². The number of rotatable bonds is 6. The molecule has 0 bridgehead atoms. The van der Waals surface area contributed by atoms with Gasteiger partial charge in [0.2, 0.25) is 0 Å². The lowest BCUT2D eigenvalue weighted by molar-refractivity contribution is 0.0982. The minimum atomic E-state index is 0.0376. The first-order chi connectivity index (χ1) is 11.6. The Morgan fingerprint density at radius 3 is 2.71 bits per heavy atom. The largest absolute Gasteiger partial charge is 0.496 e. The summed E-state index contributed by atoms with van der Waals surface area (Å²) in [6.07, 6.45) is 2.48. The number of nitrogen functional groups attached to an aromatic ring is 1. The van der Waals surface area contributed by atoms with E-state index in [1.54, 1.807) is 44.7 Å². The molecule has 2 aromatic carbocycles. The van der Waals surface area contributed by atoms with Crippen molar-refractivity contribution in [2.24, 2.45) is 0 Å². The average molecular weight is 325 g/mol. The lowest BCUT2D eigenvalue weighted by atomic mass is 10.00. The molecule has 0 unspecified atom stereocenters. The smallest absolute Gasteiger partial charge is 0.179 e. The third-order valence-corrected chi connectivity index (χ3v) is 3.98. The molecule has 0 radical (unpaired) electrons. The van der Waals surface area contributed by atoms with Crippen LogP contribution in [0.1, 0.15) is 22.3 Å². The maximum absolute atomic E-state index is 12.4. The number of benzene rings is 2. The molecule has 0 saturated heterocycles. The van der Waals surface area contributed by atoms with Gasteiger partial charge in [0, 0.05) is 17.7 Å². The number of ketones is 1. The molecule has 3 aromatic rings. The zero-order valence-corrected chi connectivity index (χ0v) is 13.7. The molecule has 1 heterocycles. The molecule has 1 aromatic heterocycles. The predicted octanol–water partition coefficient (Wildman–Crippen LogP) is 3.85. The van der Waals surface area contributed by atoms with Crippen molar-refractivity contribution >= 4 is 22.4 Å². The summed E-state index contributed by atoms with van der Waals surface area (Å²) < 4.78 is 16.4. The van der Waals surface area contributed by atoms with Crippen molar-refractivity contribution in [3.8, 4) is 11.5 Å². The van der Waals surface area contributed by atoms with Crippen LogP contribution in [0.4, 0.5) is 5.69 Å². The minimum absolute atomic E-state index is 0.0376. The van der Waals surface area contributed by atoms with Crippen LogP contribution in [-0.2, 0) is 6.42 Å². The van der Waals surface area contributed by atoms with Gasteiger partial charge in [-0.05, 0) is 36.2 Å². The van der Waals surface area contributed by atoms with E-state index in [0.717, 1.165) is 10.9 Å². The van der Waals surface area contributed by atoms with Gasteiger partial charge in [-0.3, -0.25) is 4.79 Å². The van der Waals surface area contributed by atoms with E-state index in [4.69, 9.17) is 19.6 Å². The number of carbonyl (C=O) groups excluding carboxylic acids is 1. The Balaban J connectivity index is 1.88. The first kappa shape index (κ1) is 15.9. The average Bonchev–Trinajstić information content (AvgIpc) is 3.08. The Bertz CT molecular complexity index is 882. The van der Waals surface area contributed by atoms with E-state index >= 15 is 0 Å². The van der Waals surface area contributed by atoms with Gasteiger partial charge < -0.3 is 19.6 Å². The first-order valence-electron chi connectivity index (χ1n) is 7.64. The van der Waals surface area contributed by atoms with Gasteiger partial charge in [0.1, 0.15) is 5.75 Å². The molecule has 0 aliphatic heterocycles. The number of methoxy groups -OCH3 is 2. The topological polar surface area (TPSA) is 74.7 Å². The fraction of sp³-hybridized carbons (Fsp3) is 0.211. The van der Waals surface area contributed by atoms with E-state index in [2.05, 4.69) is 0 Å². The van der Waals surface area contributed by atoms with E-state index in [9.17, 15) is 4.79 Å². The highest BCUT2D eigenvalue weighted by Crippen LogP contribution is 2.38. The second-order valence-corrected chi connectivity index (χ2v) is 5.48. The summed E-state index contributed by atoms with van der Waals surface area (Å²) in [4.78, 5) is 12.4. The summed E-state index contributed by atoms with van der Waals surface area (Å²) in [6, 6.07) is 10.7. The lowest BCUT2D eigenvalue weighted by Gasteiger charge is -2.12. The highest BCUT2D eigenvalue weighted by molar-refractivity contribution is 5.97. The molecule has 0 aliphatic carbocycles. The number of furan rings is 1. The second-order valence-electron chi connectivity index (χ2n) is 5.48. The van der Waals surface area contributed by atoms with Crippen LogP contribution in [0.5, 0.6) is 11.5 Å².